The summed E-state index contributed by atoms with van der Waals surface area (Å²) < 4.78 is 37.9. The van der Waals surface area contributed by atoms with Gasteiger partial charge in [-0.05, 0) is 55.9 Å². The zero-order valence-electron chi connectivity index (χ0n) is 13.4. The van der Waals surface area contributed by atoms with Gasteiger partial charge in [0.1, 0.15) is 6.04 Å². The monoisotopic (exact) mass is 356 g/mol. The van der Waals surface area contributed by atoms with Crippen LogP contribution in [0.5, 0.6) is 0 Å². The molecule has 3 rings (SSSR count). The lowest BCUT2D eigenvalue weighted by Gasteiger charge is -2.40. The van der Waals surface area contributed by atoms with Gasteiger partial charge < -0.3 is 15.7 Å². The predicted octanol–water partition coefficient (Wildman–Crippen LogP) is 2.50. The van der Waals surface area contributed by atoms with Gasteiger partial charge in [0.05, 0.1) is 5.56 Å². The molecule has 8 heteroatoms. The normalized spacial score (nSPS) is 27.2. The molecule has 3 N–H and O–H groups in total. The summed E-state index contributed by atoms with van der Waals surface area (Å²) in [7, 11) is 0. The molecule has 0 radical (unpaired) electrons. The van der Waals surface area contributed by atoms with Crippen LogP contribution in [0.25, 0.3) is 0 Å². The molecule has 0 aromatic heterocycles. The van der Waals surface area contributed by atoms with Crippen molar-refractivity contribution in [3.63, 3.8) is 0 Å². The number of carboxylic acids is 1. The Labute approximate surface area is 142 Å². The van der Waals surface area contributed by atoms with Crippen LogP contribution in [0.4, 0.5) is 13.2 Å². The number of halogens is 3. The average Bonchev–Trinajstić information content (AvgIpc) is 2.82. The number of aliphatic carboxylic acids is 1. The Morgan fingerprint density at radius 3 is 2.08 bits per heavy atom. The highest BCUT2D eigenvalue weighted by molar-refractivity contribution is 5.95. The maximum absolute atomic E-state index is 12.7. The van der Waals surface area contributed by atoms with Crippen LogP contribution in [0.1, 0.15) is 41.6 Å². The van der Waals surface area contributed by atoms with Gasteiger partial charge in [0.25, 0.3) is 5.91 Å². The first-order valence-corrected chi connectivity index (χ1v) is 8.17. The van der Waals surface area contributed by atoms with E-state index in [0.29, 0.717) is 12.8 Å². The number of nitrogens with two attached hydrogens (primary N) is 1. The fourth-order valence-electron chi connectivity index (χ4n) is 4.00. The molecule has 1 amide bonds. The van der Waals surface area contributed by atoms with Gasteiger partial charge in [0.2, 0.25) is 0 Å². The molecule has 5 nitrogen and oxygen atoms in total. The van der Waals surface area contributed by atoms with E-state index in [1.165, 1.54) is 12.1 Å². The number of benzene rings is 1. The molecule has 2 heterocycles. The van der Waals surface area contributed by atoms with Gasteiger partial charge in [0, 0.05) is 17.6 Å². The first kappa shape index (κ1) is 17.7. The van der Waals surface area contributed by atoms with Crippen LogP contribution in [-0.2, 0) is 11.0 Å². The molecule has 2 bridgehead atoms. The summed E-state index contributed by atoms with van der Waals surface area (Å²) in [6, 6.07) is 3.03. The SMILES string of the molecule is N[C@H](C(=O)O)C1CC2CCC(C1)N2C(=O)c1ccc(C(F)(F)F)cc1. The van der Waals surface area contributed by atoms with Crippen LogP contribution in [0.3, 0.4) is 0 Å². The van der Waals surface area contributed by atoms with Gasteiger partial charge in [-0.15, -0.1) is 0 Å². The van der Waals surface area contributed by atoms with Crippen molar-refractivity contribution in [3.05, 3.63) is 35.4 Å². The first-order chi connectivity index (χ1) is 11.7. The molecule has 2 unspecified atom stereocenters. The van der Waals surface area contributed by atoms with Crippen LogP contribution in [0.15, 0.2) is 24.3 Å². The zero-order valence-corrected chi connectivity index (χ0v) is 13.4. The predicted molar refractivity (Wildman–Crippen MR) is 82.8 cm³/mol. The third-order valence-corrected chi connectivity index (χ3v) is 5.26. The Balaban J connectivity index is 1.75. The van der Waals surface area contributed by atoms with Gasteiger partial charge in [-0.3, -0.25) is 9.59 Å². The fraction of sp³-hybridized carbons (Fsp3) is 0.529. The minimum Gasteiger partial charge on any atom is -0.480 e. The van der Waals surface area contributed by atoms with Crippen molar-refractivity contribution in [2.75, 3.05) is 0 Å². The maximum Gasteiger partial charge on any atom is 0.416 e. The molecule has 2 fully saturated rings. The van der Waals surface area contributed by atoms with Gasteiger partial charge in [-0.25, -0.2) is 0 Å². The Bertz CT molecular complexity index is 661. The van der Waals surface area contributed by atoms with E-state index in [0.717, 1.165) is 25.0 Å². The largest absolute Gasteiger partial charge is 0.480 e. The van der Waals surface area contributed by atoms with Crippen molar-refractivity contribution >= 4 is 11.9 Å². The molecule has 2 aliphatic heterocycles. The molecular formula is C17H19F3N2O3. The number of hydrogen-bond acceptors (Lipinski definition) is 3. The summed E-state index contributed by atoms with van der Waals surface area (Å²) in [4.78, 5) is 25.5. The second-order valence-corrected chi connectivity index (χ2v) is 6.77. The van der Waals surface area contributed by atoms with E-state index >= 15 is 0 Å². The number of carbonyl (C=O) groups is 2. The molecule has 136 valence electrons. The molecule has 0 saturated carbocycles. The minimum atomic E-state index is -4.44. The zero-order chi connectivity index (χ0) is 18.4. The van der Waals surface area contributed by atoms with Crippen molar-refractivity contribution in [2.24, 2.45) is 11.7 Å². The summed E-state index contributed by atoms with van der Waals surface area (Å²) in [6.45, 7) is 0. The quantitative estimate of drug-likeness (QED) is 0.872. The third kappa shape index (κ3) is 3.35. The van der Waals surface area contributed by atoms with E-state index in [-0.39, 0.29) is 29.5 Å². The molecule has 2 aliphatic rings. The molecule has 25 heavy (non-hydrogen) atoms. The minimum absolute atomic E-state index is 0.107. The van der Waals surface area contributed by atoms with Crippen molar-refractivity contribution in [1.29, 1.82) is 0 Å². The lowest BCUT2D eigenvalue weighted by atomic mass is 9.85. The molecular weight excluding hydrogens is 337 g/mol. The number of piperidine rings is 1. The number of nitrogens with zero attached hydrogens (tertiary/aromatic N) is 1. The second-order valence-electron chi connectivity index (χ2n) is 6.77. The number of carboxylic acid groups (broad SMARTS) is 1. The second kappa shape index (κ2) is 6.33. The number of hydrogen-bond donors (Lipinski definition) is 2. The van der Waals surface area contributed by atoms with E-state index in [4.69, 9.17) is 10.8 Å². The summed E-state index contributed by atoms with van der Waals surface area (Å²) in [6.07, 6.45) is -1.89. The Morgan fingerprint density at radius 1 is 1.12 bits per heavy atom. The number of amides is 1. The smallest absolute Gasteiger partial charge is 0.416 e. The standard InChI is InChI=1S/C17H19F3N2O3/c18-17(19,20)11-3-1-9(2-4-11)15(23)22-12-5-6-13(22)8-10(7-12)14(21)16(24)25/h1-4,10,12-14H,5-8,21H2,(H,24,25)/t10?,12?,13?,14-/m0/s1. The maximum atomic E-state index is 12.7. The van der Waals surface area contributed by atoms with E-state index in [1.807, 2.05) is 0 Å². The molecule has 0 aliphatic carbocycles. The van der Waals surface area contributed by atoms with E-state index in [9.17, 15) is 22.8 Å². The molecule has 0 spiro atoms. The van der Waals surface area contributed by atoms with E-state index in [2.05, 4.69) is 0 Å². The summed E-state index contributed by atoms with van der Waals surface area (Å²) in [5.41, 5.74) is 5.14. The van der Waals surface area contributed by atoms with Crippen LogP contribution in [0, 0.1) is 5.92 Å². The number of rotatable bonds is 3. The first-order valence-electron chi connectivity index (χ1n) is 8.17. The summed E-state index contributed by atoms with van der Waals surface area (Å²) in [5.74, 6) is -1.54. The van der Waals surface area contributed by atoms with Crippen molar-refractivity contribution in [3.8, 4) is 0 Å². The summed E-state index contributed by atoms with van der Waals surface area (Å²) >= 11 is 0. The topological polar surface area (TPSA) is 83.6 Å². The van der Waals surface area contributed by atoms with Gasteiger partial charge in [0.15, 0.2) is 0 Å². The van der Waals surface area contributed by atoms with Gasteiger partial charge in [-0.2, -0.15) is 13.2 Å². The Kier molecular flexibility index (Phi) is 4.49. The fourth-order valence-corrected chi connectivity index (χ4v) is 4.00. The van der Waals surface area contributed by atoms with Crippen LogP contribution in [0.2, 0.25) is 0 Å². The Hall–Kier alpha value is -2.09. The molecule has 1 aromatic rings. The molecule has 3 atom stereocenters. The third-order valence-electron chi connectivity index (χ3n) is 5.26. The summed E-state index contributed by atoms with van der Waals surface area (Å²) in [5, 5.41) is 9.07. The highest BCUT2D eigenvalue weighted by Gasteiger charge is 2.45. The average molecular weight is 356 g/mol. The number of alkyl halides is 3. The molecule has 2 saturated heterocycles. The number of carbonyl (C=O) groups excluding carboxylic acids is 1. The van der Waals surface area contributed by atoms with E-state index in [1.54, 1.807) is 4.90 Å². The number of fused-ring (bicyclic) bond motifs is 2. The van der Waals surface area contributed by atoms with Crippen LogP contribution in [-0.4, -0.2) is 40.0 Å². The van der Waals surface area contributed by atoms with Gasteiger partial charge >= 0.3 is 12.1 Å². The van der Waals surface area contributed by atoms with Crippen LogP contribution < -0.4 is 5.73 Å². The molecule has 1 aromatic carbocycles. The van der Waals surface area contributed by atoms with Crippen LogP contribution >= 0.6 is 0 Å². The lowest BCUT2D eigenvalue weighted by molar-refractivity contribution is -0.140. The highest BCUT2D eigenvalue weighted by Crippen LogP contribution is 2.40. The van der Waals surface area contributed by atoms with Crippen molar-refractivity contribution in [1.82, 2.24) is 4.90 Å². The van der Waals surface area contributed by atoms with Gasteiger partial charge in [-0.1, -0.05) is 0 Å². The van der Waals surface area contributed by atoms with Crippen molar-refractivity contribution < 1.29 is 27.9 Å². The highest BCUT2D eigenvalue weighted by atomic mass is 19.4. The Morgan fingerprint density at radius 2 is 1.64 bits per heavy atom. The van der Waals surface area contributed by atoms with E-state index < -0.39 is 23.8 Å². The van der Waals surface area contributed by atoms with Crippen molar-refractivity contribution in [2.45, 2.75) is 50.0 Å². The lowest BCUT2D eigenvalue weighted by Crippen LogP contribution is -2.51.